The van der Waals surface area contributed by atoms with Crippen molar-refractivity contribution in [1.82, 2.24) is 0 Å². The van der Waals surface area contributed by atoms with Crippen molar-refractivity contribution >= 4 is 21.9 Å². The van der Waals surface area contributed by atoms with Crippen LogP contribution in [0.3, 0.4) is 0 Å². The molecule has 0 rings (SSSR count). The van der Waals surface area contributed by atoms with Crippen molar-refractivity contribution in [2.24, 2.45) is 0 Å². The molecule has 0 aromatic heterocycles. The van der Waals surface area contributed by atoms with Crippen molar-refractivity contribution in [3.63, 3.8) is 0 Å². The lowest BCUT2D eigenvalue weighted by Gasteiger charge is -2.44. The average molecular weight is 551 g/mol. The fourth-order valence-corrected chi connectivity index (χ4v) is 1.86. The van der Waals surface area contributed by atoms with Gasteiger partial charge in [-0.25, -0.2) is 4.79 Å². The van der Waals surface area contributed by atoms with Crippen LogP contribution in [0.2, 0.25) is 0 Å². The third-order valence-corrected chi connectivity index (χ3v) is 4.22. The van der Waals surface area contributed by atoms with E-state index in [0.717, 1.165) is 0 Å². The van der Waals surface area contributed by atoms with Crippen molar-refractivity contribution < 1.29 is 79.8 Å². The van der Waals surface area contributed by atoms with E-state index in [1.54, 1.807) is 0 Å². The predicted octanol–water partition coefficient (Wildman–Crippen LogP) is 6.11. The summed E-state index contributed by atoms with van der Waals surface area (Å²) in [6.07, 6.45) is -15.2. The number of rotatable bonds is 7. The quantitative estimate of drug-likeness (QED) is 0.165. The fourth-order valence-electron chi connectivity index (χ4n) is 1.45. The van der Waals surface area contributed by atoms with Crippen LogP contribution < -0.4 is 0 Å². The maximum atomic E-state index is 13.8. The van der Waals surface area contributed by atoms with Crippen molar-refractivity contribution in [2.75, 3.05) is 0 Å². The van der Waals surface area contributed by atoms with Crippen LogP contribution in [0.15, 0.2) is 12.7 Å². The Hall–Kier alpha value is -1.43. The number of halogens is 17. The van der Waals surface area contributed by atoms with E-state index < -0.39 is 58.5 Å². The van der Waals surface area contributed by atoms with E-state index in [9.17, 15) is 75.0 Å². The predicted molar refractivity (Wildman–Crippen MR) is 64.8 cm³/mol. The molecular formula is C11H3BrF16O2. The number of alkyl halides is 17. The molecule has 1 unspecified atom stereocenters. The normalized spacial score (nSPS) is 17.4. The largest absolute Gasteiger partial charge is 0.460 e. The monoisotopic (exact) mass is 550 g/mol. The van der Waals surface area contributed by atoms with Crippen LogP contribution >= 0.6 is 15.9 Å². The molecule has 0 saturated carbocycles. The minimum atomic E-state index is -8.51. The highest BCUT2D eigenvalue weighted by atomic mass is 79.9. The van der Waals surface area contributed by atoms with Gasteiger partial charge in [-0.05, 0) is 15.9 Å². The van der Waals surface area contributed by atoms with E-state index in [-0.39, 0.29) is 0 Å². The molecule has 0 amide bonds. The van der Waals surface area contributed by atoms with Crippen molar-refractivity contribution in [3.05, 3.63) is 12.7 Å². The molecule has 0 heterocycles. The molecule has 178 valence electrons. The van der Waals surface area contributed by atoms with Gasteiger partial charge in [0.15, 0.2) is 0 Å². The first-order valence-electron chi connectivity index (χ1n) is 6.27. The van der Waals surface area contributed by atoms with Crippen LogP contribution in [0.1, 0.15) is 0 Å². The van der Waals surface area contributed by atoms with E-state index in [1.807, 2.05) is 0 Å². The molecule has 0 N–H and O–H groups in total. The maximum absolute atomic E-state index is 13.8. The number of esters is 1. The van der Waals surface area contributed by atoms with E-state index in [1.165, 1.54) is 0 Å². The molecule has 19 heteroatoms. The Balaban J connectivity index is 6.94. The molecule has 0 spiro atoms. The molecule has 0 aromatic rings. The van der Waals surface area contributed by atoms with E-state index >= 15 is 0 Å². The summed E-state index contributed by atoms with van der Waals surface area (Å²) in [5.74, 6) is -43.9. The molecule has 0 aliphatic heterocycles. The summed E-state index contributed by atoms with van der Waals surface area (Å²) in [5, 5.41) is 0. The molecule has 30 heavy (non-hydrogen) atoms. The third kappa shape index (κ3) is 3.69. The summed E-state index contributed by atoms with van der Waals surface area (Å²) in [6.45, 7) is 2.33. The van der Waals surface area contributed by atoms with Crippen LogP contribution in [0.5, 0.6) is 0 Å². The van der Waals surface area contributed by atoms with Gasteiger partial charge in [-0.3, -0.25) is 0 Å². The molecule has 0 fully saturated rings. The zero-order valence-corrected chi connectivity index (χ0v) is 14.6. The standard InChI is InChI=1S/C11H3BrF16O2/c1-2-3(29)30-4(12,10(23,24)25)5(13,14)6(15,16)7(17,18)8(19,20)9(21,22)11(26,27)28/h2H,1H2. The fraction of sp³-hybridized carbons (Fsp3) is 0.727. The lowest BCUT2D eigenvalue weighted by atomic mass is 9.91. The second-order valence-electron chi connectivity index (χ2n) is 5.09. The van der Waals surface area contributed by atoms with Crippen molar-refractivity contribution in [2.45, 2.75) is 46.5 Å². The van der Waals surface area contributed by atoms with Crippen molar-refractivity contribution in [1.29, 1.82) is 0 Å². The number of carbonyl (C=O) groups excluding carboxylic acids is 1. The zero-order valence-electron chi connectivity index (χ0n) is 13.0. The molecule has 0 aliphatic rings. The second kappa shape index (κ2) is 7.32. The summed E-state index contributed by atoms with van der Waals surface area (Å²) in [4.78, 5) is 10.7. The highest BCUT2D eigenvalue weighted by Gasteiger charge is 2.95. The zero-order chi connectivity index (χ0) is 25.0. The summed E-state index contributed by atoms with van der Waals surface area (Å²) in [6, 6.07) is 0. The molecule has 0 aliphatic carbocycles. The van der Waals surface area contributed by atoms with Gasteiger partial charge in [0.05, 0.1) is 0 Å². The highest BCUT2D eigenvalue weighted by molar-refractivity contribution is 9.10. The van der Waals surface area contributed by atoms with Gasteiger partial charge in [0, 0.05) is 6.08 Å². The Bertz CT molecular complexity index is 678. The molecule has 0 aromatic carbocycles. The van der Waals surface area contributed by atoms with Gasteiger partial charge in [0.25, 0.3) is 0 Å². The highest BCUT2D eigenvalue weighted by Crippen LogP contribution is 2.64. The summed E-state index contributed by atoms with van der Waals surface area (Å²) in [5.41, 5.74) is 0. The van der Waals surface area contributed by atoms with Crippen LogP contribution in [-0.2, 0) is 9.53 Å². The van der Waals surface area contributed by atoms with Crippen LogP contribution in [-0.4, -0.2) is 52.4 Å². The second-order valence-corrected chi connectivity index (χ2v) is 6.20. The van der Waals surface area contributed by atoms with Gasteiger partial charge in [0.2, 0.25) is 0 Å². The molecule has 0 bridgehead atoms. The number of carbonyl (C=O) groups is 1. The van der Waals surface area contributed by atoms with Gasteiger partial charge in [-0.1, -0.05) is 6.58 Å². The first-order valence-corrected chi connectivity index (χ1v) is 7.06. The smallest absolute Gasteiger partial charge is 0.427 e. The topological polar surface area (TPSA) is 26.3 Å². The Morgan fingerprint density at radius 2 is 0.900 bits per heavy atom. The maximum Gasteiger partial charge on any atom is 0.460 e. The van der Waals surface area contributed by atoms with Gasteiger partial charge < -0.3 is 4.74 Å². The minimum absolute atomic E-state index is 0.430. The molecular weight excluding hydrogens is 548 g/mol. The Morgan fingerprint density at radius 1 is 0.600 bits per heavy atom. The van der Waals surface area contributed by atoms with E-state index in [4.69, 9.17) is 0 Å². The summed E-state index contributed by atoms with van der Waals surface area (Å²) >= 11 is 0.620. The van der Waals surface area contributed by atoms with Gasteiger partial charge in [-0.2, -0.15) is 70.2 Å². The van der Waals surface area contributed by atoms with Crippen LogP contribution in [0, 0.1) is 0 Å². The molecule has 0 radical (unpaired) electrons. The van der Waals surface area contributed by atoms with Crippen molar-refractivity contribution in [3.8, 4) is 0 Å². The number of ether oxygens (including phenoxy) is 1. The van der Waals surface area contributed by atoms with Gasteiger partial charge >= 0.3 is 52.4 Å². The van der Waals surface area contributed by atoms with Gasteiger partial charge in [-0.15, -0.1) is 0 Å². The first kappa shape index (κ1) is 28.6. The molecule has 1 atom stereocenters. The van der Waals surface area contributed by atoms with Gasteiger partial charge in [0.1, 0.15) is 0 Å². The number of hydrogen-bond acceptors (Lipinski definition) is 2. The van der Waals surface area contributed by atoms with E-state index in [2.05, 4.69) is 11.3 Å². The molecule has 0 saturated heterocycles. The lowest BCUT2D eigenvalue weighted by Crippen LogP contribution is -2.75. The van der Waals surface area contributed by atoms with Crippen LogP contribution in [0.25, 0.3) is 0 Å². The lowest BCUT2D eigenvalue weighted by molar-refractivity contribution is -0.452. The summed E-state index contributed by atoms with van der Waals surface area (Å²) in [7, 11) is 0. The Morgan fingerprint density at radius 3 is 1.17 bits per heavy atom. The number of hydrogen-bond donors (Lipinski definition) is 0. The minimum Gasteiger partial charge on any atom is -0.427 e. The SMILES string of the molecule is C=CC(=O)OC(Br)(C(F)(F)F)C(F)(F)C(F)(F)C(F)(F)C(F)(F)C(F)(F)C(F)(F)F. The summed E-state index contributed by atoms with van der Waals surface area (Å²) < 4.78 is 203. The molecule has 2 nitrogen and oxygen atoms in total. The Kier molecular flexibility index (Phi) is 6.97. The Labute approximate surface area is 161 Å². The van der Waals surface area contributed by atoms with Crippen LogP contribution in [0.4, 0.5) is 70.2 Å². The van der Waals surface area contributed by atoms with E-state index in [0.29, 0.717) is 15.9 Å². The average Bonchev–Trinajstić information content (AvgIpc) is 2.51. The third-order valence-electron chi connectivity index (χ3n) is 3.11. The first-order chi connectivity index (χ1) is 12.7.